The quantitative estimate of drug-likeness (QED) is 0.693. The number of rotatable bonds is 3. The van der Waals surface area contributed by atoms with Gasteiger partial charge in [-0.15, -0.1) is 8.58 Å². The first-order valence-corrected chi connectivity index (χ1v) is 6.94. The second-order valence-corrected chi connectivity index (χ2v) is 6.05. The van der Waals surface area contributed by atoms with Crippen molar-refractivity contribution in [3.8, 4) is 0 Å². The summed E-state index contributed by atoms with van der Waals surface area (Å²) in [6.07, 6.45) is 1.25. The fourth-order valence-electron chi connectivity index (χ4n) is 2.21. The van der Waals surface area contributed by atoms with Crippen molar-refractivity contribution in [1.29, 1.82) is 0 Å². The minimum Gasteiger partial charge on any atom is -0.109 e. The maximum atomic E-state index is 2.27. The van der Waals surface area contributed by atoms with E-state index in [9.17, 15) is 0 Å². The molecule has 1 heteroatoms. The summed E-state index contributed by atoms with van der Waals surface area (Å²) < 4.78 is 0. The van der Waals surface area contributed by atoms with Gasteiger partial charge in [-0.2, -0.15) is 0 Å². The van der Waals surface area contributed by atoms with E-state index >= 15 is 0 Å². The van der Waals surface area contributed by atoms with Crippen LogP contribution < -0.4 is 0 Å². The maximum absolute atomic E-state index is 2.27. The highest BCUT2D eigenvalue weighted by Gasteiger charge is 2.37. The molecule has 0 bridgehead atoms. The van der Waals surface area contributed by atoms with E-state index in [-0.39, 0.29) is 0 Å². The van der Waals surface area contributed by atoms with Gasteiger partial charge in [-0.3, -0.25) is 0 Å². The maximum Gasteiger partial charge on any atom is 0.00854 e. The van der Waals surface area contributed by atoms with Gasteiger partial charge in [-0.05, 0) is 23.2 Å². The van der Waals surface area contributed by atoms with Gasteiger partial charge in [0, 0.05) is 5.66 Å². The molecule has 0 spiro atoms. The molecule has 2 aromatic rings. The molecule has 1 aliphatic rings. The molecule has 1 fully saturated rings. The summed E-state index contributed by atoms with van der Waals surface area (Å²) in [5, 5.41) is 0. The van der Waals surface area contributed by atoms with Crippen LogP contribution in [0.3, 0.4) is 0 Å². The Labute approximate surface area is 98.5 Å². The summed E-state index contributed by atoms with van der Waals surface area (Å²) in [7, 11) is 1.12. The van der Waals surface area contributed by atoms with Crippen LogP contribution in [0, 0.1) is 0 Å². The zero-order valence-corrected chi connectivity index (χ0v) is 10.1. The van der Waals surface area contributed by atoms with E-state index in [0.717, 1.165) is 19.9 Å². The Kier molecular flexibility index (Phi) is 2.76. The van der Waals surface area contributed by atoms with Gasteiger partial charge in [0.15, 0.2) is 0 Å². The third-order valence-corrected chi connectivity index (χ3v) is 4.82. The predicted octanol–water partition coefficient (Wildman–Crippen LogP) is 4.03. The average molecular weight is 226 g/mol. The molecule has 0 radical (unpaired) electrons. The van der Waals surface area contributed by atoms with Gasteiger partial charge in [-0.1, -0.05) is 60.7 Å². The number of hydrogen-bond donors (Lipinski definition) is 0. The fourth-order valence-corrected chi connectivity index (χ4v) is 3.61. The minimum absolute atomic E-state index is 0.835. The van der Waals surface area contributed by atoms with Gasteiger partial charge < -0.3 is 0 Å². The molecule has 1 aliphatic heterocycles. The first kappa shape index (κ1) is 10.1. The molecular formula is C15H15P. The van der Waals surface area contributed by atoms with Crippen LogP contribution in [0.15, 0.2) is 60.7 Å². The van der Waals surface area contributed by atoms with Crippen LogP contribution in [0.4, 0.5) is 0 Å². The van der Waals surface area contributed by atoms with Crippen molar-refractivity contribution >= 4 is 8.58 Å². The van der Waals surface area contributed by atoms with Crippen LogP contribution >= 0.6 is 8.58 Å². The Balaban J connectivity index is 1.65. The van der Waals surface area contributed by atoms with Crippen LogP contribution in [0.25, 0.3) is 0 Å². The lowest BCUT2D eigenvalue weighted by molar-refractivity contribution is 0.917. The highest BCUT2D eigenvalue weighted by Crippen LogP contribution is 2.62. The molecule has 80 valence electrons. The highest BCUT2D eigenvalue weighted by atomic mass is 31.1. The summed E-state index contributed by atoms with van der Waals surface area (Å²) >= 11 is 0. The normalized spacial score (nSPS) is 24.5. The molecule has 3 rings (SSSR count). The van der Waals surface area contributed by atoms with E-state index in [1.165, 1.54) is 17.5 Å². The Morgan fingerprint density at radius 1 is 0.812 bits per heavy atom. The van der Waals surface area contributed by atoms with Crippen LogP contribution in [0.5, 0.6) is 0 Å². The summed E-state index contributed by atoms with van der Waals surface area (Å²) in [6, 6.07) is 21.8. The minimum atomic E-state index is 0.835. The van der Waals surface area contributed by atoms with E-state index in [0.29, 0.717) is 0 Å². The molecule has 1 heterocycles. The zero-order valence-electron chi connectivity index (χ0n) is 9.14. The van der Waals surface area contributed by atoms with Crippen molar-refractivity contribution in [1.82, 2.24) is 0 Å². The second-order valence-electron chi connectivity index (χ2n) is 4.35. The first-order chi connectivity index (χ1) is 7.93. The second kappa shape index (κ2) is 4.39. The molecule has 0 saturated carbocycles. The van der Waals surface area contributed by atoms with Crippen LogP contribution in [-0.2, 0) is 6.42 Å². The first-order valence-electron chi connectivity index (χ1n) is 5.78. The summed E-state index contributed by atoms with van der Waals surface area (Å²) in [5.74, 6) is 0. The number of benzene rings is 2. The lowest BCUT2D eigenvalue weighted by Gasteiger charge is -2.00. The van der Waals surface area contributed by atoms with Gasteiger partial charge in [0.25, 0.3) is 0 Å². The van der Waals surface area contributed by atoms with E-state index in [4.69, 9.17) is 0 Å². The number of hydrogen-bond acceptors (Lipinski definition) is 0. The van der Waals surface area contributed by atoms with Crippen LogP contribution in [-0.4, -0.2) is 5.66 Å². The van der Waals surface area contributed by atoms with Gasteiger partial charge in [-0.25, -0.2) is 0 Å². The van der Waals surface area contributed by atoms with Crippen molar-refractivity contribution in [2.24, 2.45) is 0 Å². The Morgan fingerprint density at radius 3 is 2.12 bits per heavy atom. The fraction of sp³-hybridized carbons (Fsp3) is 0.200. The summed E-state index contributed by atoms with van der Waals surface area (Å²) in [5.41, 5.74) is 4.74. The summed E-state index contributed by atoms with van der Waals surface area (Å²) in [4.78, 5) is 0. The van der Waals surface area contributed by atoms with Crippen LogP contribution in [0.1, 0.15) is 16.8 Å². The molecule has 0 aromatic heterocycles. The van der Waals surface area contributed by atoms with Gasteiger partial charge >= 0.3 is 0 Å². The molecule has 16 heavy (non-hydrogen) atoms. The molecule has 2 aromatic carbocycles. The molecule has 0 aliphatic carbocycles. The monoisotopic (exact) mass is 226 g/mol. The van der Waals surface area contributed by atoms with Crippen LogP contribution in [0.2, 0.25) is 0 Å². The highest BCUT2D eigenvalue weighted by molar-refractivity contribution is 7.48. The third kappa shape index (κ3) is 2.18. The molecule has 0 amide bonds. The molecule has 3 atom stereocenters. The molecule has 3 unspecified atom stereocenters. The lowest BCUT2D eigenvalue weighted by Crippen LogP contribution is -1.94. The van der Waals surface area contributed by atoms with Gasteiger partial charge in [0.1, 0.15) is 0 Å². The van der Waals surface area contributed by atoms with Crippen molar-refractivity contribution in [3.63, 3.8) is 0 Å². The molecule has 1 saturated heterocycles. The lowest BCUT2D eigenvalue weighted by atomic mass is 10.0. The summed E-state index contributed by atoms with van der Waals surface area (Å²) in [6.45, 7) is 0. The average Bonchev–Trinajstić information content (AvgIpc) is 3.11. The SMILES string of the molecule is c1ccc(CC2PC2c2ccccc2)cc1. The third-order valence-electron chi connectivity index (χ3n) is 3.14. The Morgan fingerprint density at radius 2 is 1.44 bits per heavy atom. The van der Waals surface area contributed by atoms with E-state index in [1.54, 1.807) is 0 Å². The van der Waals surface area contributed by atoms with E-state index < -0.39 is 0 Å². The van der Waals surface area contributed by atoms with Crippen molar-refractivity contribution < 1.29 is 0 Å². The topological polar surface area (TPSA) is 0 Å². The van der Waals surface area contributed by atoms with Crippen molar-refractivity contribution in [3.05, 3.63) is 71.8 Å². The smallest absolute Gasteiger partial charge is 0.00854 e. The molecular weight excluding hydrogens is 211 g/mol. The van der Waals surface area contributed by atoms with Gasteiger partial charge in [0.05, 0.1) is 0 Å². The van der Waals surface area contributed by atoms with E-state index in [2.05, 4.69) is 60.7 Å². The Hall–Kier alpha value is -1.13. The predicted molar refractivity (Wildman–Crippen MR) is 71.4 cm³/mol. The zero-order chi connectivity index (χ0) is 10.8. The van der Waals surface area contributed by atoms with Crippen molar-refractivity contribution in [2.75, 3.05) is 0 Å². The van der Waals surface area contributed by atoms with Gasteiger partial charge in [0.2, 0.25) is 0 Å². The van der Waals surface area contributed by atoms with Crippen molar-refractivity contribution in [2.45, 2.75) is 17.7 Å². The molecule has 0 nitrogen and oxygen atoms in total. The van der Waals surface area contributed by atoms with E-state index in [1.807, 2.05) is 0 Å². The molecule has 0 N–H and O–H groups in total. The standard InChI is InChI=1S/C15H15P/c1-3-7-12(8-4-1)11-14-15(16-14)13-9-5-2-6-10-13/h1-10,14-16H,11H2. The largest absolute Gasteiger partial charge is 0.109 e. The Bertz CT molecular complexity index is 449.